The van der Waals surface area contributed by atoms with Crippen molar-refractivity contribution in [2.45, 2.75) is 20.4 Å². The molecule has 0 bridgehead atoms. The van der Waals surface area contributed by atoms with Crippen LogP contribution in [0.4, 0.5) is 0 Å². The van der Waals surface area contributed by atoms with Crippen molar-refractivity contribution in [2.75, 3.05) is 0 Å². The van der Waals surface area contributed by atoms with Crippen LogP contribution in [-0.2, 0) is 11.3 Å². The number of carboxylic acid groups (broad SMARTS) is 1. The lowest BCUT2D eigenvalue weighted by Crippen LogP contribution is -2.24. The number of carboxylic acids is 1. The molecule has 1 N–H and O–H groups in total. The second-order valence-corrected chi connectivity index (χ2v) is 3.48. The number of rotatable bonds is 2. The summed E-state index contributed by atoms with van der Waals surface area (Å²) in [5.74, 6) is -1.10. The van der Waals surface area contributed by atoms with Gasteiger partial charge in [0.05, 0.1) is 0 Å². The number of aryl methyl sites for hydroxylation is 2. The molecule has 0 saturated carbocycles. The third kappa shape index (κ3) is 1.46. The predicted octanol–water partition coefficient (Wildman–Crippen LogP) is -0.408. The molecule has 0 radical (unpaired) electrons. The highest BCUT2D eigenvalue weighted by Gasteiger charge is 2.12. The van der Waals surface area contributed by atoms with Gasteiger partial charge in [0.25, 0.3) is 0 Å². The van der Waals surface area contributed by atoms with E-state index in [-0.39, 0.29) is 0 Å². The second-order valence-electron chi connectivity index (χ2n) is 3.48. The molecule has 0 aliphatic carbocycles. The lowest BCUT2D eigenvalue weighted by molar-refractivity contribution is -0.137. The number of fused-ring (bicyclic) bond motifs is 1. The van der Waals surface area contributed by atoms with Gasteiger partial charge in [0.2, 0.25) is 0 Å². The van der Waals surface area contributed by atoms with Crippen LogP contribution in [-0.4, -0.2) is 30.2 Å². The van der Waals surface area contributed by atoms with Crippen LogP contribution in [0.15, 0.2) is 11.1 Å². The Morgan fingerprint density at radius 2 is 2.19 bits per heavy atom. The SMILES string of the molecule is Cc1ncn2c(=O)n(CC(=O)O)nc2c1C. The molecule has 0 atom stereocenters. The minimum absolute atomic E-state index is 0.443. The van der Waals surface area contributed by atoms with E-state index in [9.17, 15) is 9.59 Å². The van der Waals surface area contributed by atoms with Crippen LogP contribution >= 0.6 is 0 Å². The Hall–Kier alpha value is -2.18. The van der Waals surface area contributed by atoms with Gasteiger partial charge in [0.1, 0.15) is 12.9 Å². The van der Waals surface area contributed by atoms with E-state index < -0.39 is 18.2 Å². The number of carbonyl (C=O) groups is 1. The van der Waals surface area contributed by atoms with Gasteiger partial charge in [-0.1, -0.05) is 0 Å². The smallest absolute Gasteiger partial charge is 0.352 e. The molecule has 0 unspecified atom stereocenters. The molecular formula is C9H10N4O3. The zero-order chi connectivity index (χ0) is 11.9. The van der Waals surface area contributed by atoms with Crippen molar-refractivity contribution in [3.63, 3.8) is 0 Å². The second kappa shape index (κ2) is 3.44. The van der Waals surface area contributed by atoms with Crippen LogP contribution in [0.3, 0.4) is 0 Å². The molecule has 0 saturated heterocycles. The van der Waals surface area contributed by atoms with Crippen LogP contribution < -0.4 is 5.69 Å². The lowest BCUT2D eigenvalue weighted by atomic mass is 10.3. The van der Waals surface area contributed by atoms with Gasteiger partial charge in [0.15, 0.2) is 5.65 Å². The molecule has 2 heterocycles. The highest BCUT2D eigenvalue weighted by atomic mass is 16.4. The molecule has 2 rings (SSSR count). The average Bonchev–Trinajstić information content (AvgIpc) is 2.51. The summed E-state index contributed by atoms with van der Waals surface area (Å²) >= 11 is 0. The minimum atomic E-state index is -1.10. The highest BCUT2D eigenvalue weighted by Crippen LogP contribution is 2.07. The first kappa shape index (κ1) is 10.3. The normalized spacial score (nSPS) is 10.9. The predicted molar refractivity (Wildman–Crippen MR) is 54.4 cm³/mol. The van der Waals surface area contributed by atoms with E-state index in [0.717, 1.165) is 15.9 Å². The topological polar surface area (TPSA) is 89.5 Å². The average molecular weight is 222 g/mol. The Balaban J connectivity index is 2.73. The van der Waals surface area contributed by atoms with Crippen LogP contribution in [0.25, 0.3) is 5.65 Å². The quantitative estimate of drug-likeness (QED) is 0.746. The van der Waals surface area contributed by atoms with Gasteiger partial charge in [0, 0.05) is 11.3 Å². The molecule has 16 heavy (non-hydrogen) atoms. The Bertz CT molecular complexity index is 625. The maximum absolute atomic E-state index is 11.7. The van der Waals surface area contributed by atoms with Crippen molar-refractivity contribution in [1.29, 1.82) is 0 Å². The first-order valence-corrected chi connectivity index (χ1v) is 4.64. The monoisotopic (exact) mass is 222 g/mol. The molecule has 2 aromatic heterocycles. The van der Waals surface area contributed by atoms with Crippen molar-refractivity contribution >= 4 is 11.6 Å². The van der Waals surface area contributed by atoms with Crippen LogP contribution in [0.5, 0.6) is 0 Å². The number of aromatic nitrogens is 4. The van der Waals surface area contributed by atoms with Gasteiger partial charge in [-0.25, -0.2) is 18.9 Å². The Morgan fingerprint density at radius 3 is 2.81 bits per heavy atom. The third-order valence-electron chi connectivity index (χ3n) is 2.40. The zero-order valence-corrected chi connectivity index (χ0v) is 8.84. The Kier molecular flexibility index (Phi) is 2.22. The van der Waals surface area contributed by atoms with Crippen LogP contribution in [0, 0.1) is 13.8 Å². The van der Waals surface area contributed by atoms with E-state index in [0.29, 0.717) is 5.65 Å². The van der Waals surface area contributed by atoms with E-state index in [2.05, 4.69) is 10.1 Å². The zero-order valence-electron chi connectivity index (χ0n) is 8.84. The van der Waals surface area contributed by atoms with Crippen molar-refractivity contribution < 1.29 is 9.90 Å². The molecule has 7 nitrogen and oxygen atoms in total. The fraction of sp³-hybridized carbons (Fsp3) is 0.333. The van der Waals surface area contributed by atoms with Crippen molar-refractivity contribution in [3.8, 4) is 0 Å². The molecule has 0 spiro atoms. The maximum atomic E-state index is 11.7. The van der Waals surface area contributed by atoms with Gasteiger partial charge in [-0.15, -0.1) is 5.10 Å². The van der Waals surface area contributed by atoms with E-state index in [4.69, 9.17) is 5.11 Å². The molecular weight excluding hydrogens is 212 g/mol. The summed E-state index contributed by atoms with van der Waals surface area (Å²) in [7, 11) is 0. The summed E-state index contributed by atoms with van der Waals surface area (Å²) in [6.07, 6.45) is 1.35. The number of aliphatic carboxylic acids is 1. The van der Waals surface area contributed by atoms with Gasteiger partial charge < -0.3 is 5.11 Å². The minimum Gasteiger partial charge on any atom is -0.480 e. The molecule has 0 aliphatic heterocycles. The summed E-state index contributed by atoms with van der Waals surface area (Å²) in [5.41, 5.74) is 1.48. The van der Waals surface area contributed by atoms with Crippen LogP contribution in [0.1, 0.15) is 11.3 Å². The molecule has 2 aromatic rings. The first-order chi connectivity index (χ1) is 7.50. The van der Waals surface area contributed by atoms with Crippen molar-refractivity contribution in [2.24, 2.45) is 0 Å². The Morgan fingerprint density at radius 1 is 1.50 bits per heavy atom. The molecule has 0 aromatic carbocycles. The number of hydrogen-bond donors (Lipinski definition) is 1. The van der Waals surface area contributed by atoms with Crippen molar-refractivity contribution in [1.82, 2.24) is 19.2 Å². The Labute approximate surface area is 90.0 Å². The number of hydrogen-bond acceptors (Lipinski definition) is 4. The summed E-state index contributed by atoms with van der Waals surface area (Å²) in [4.78, 5) is 26.2. The largest absolute Gasteiger partial charge is 0.480 e. The summed E-state index contributed by atoms with van der Waals surface area (Å²) in [5, 5.41) is 12.6. The summed E-state index contributed by atoms with van der Waals surface area (Å²) < 4.78 is 2.15. The van der Waals surface area contributed by atoms with Gasteiger partial charge >= 0.3 is 11.7 Å². The third-order valence-corrected chi connectivity index (χ3v) is 2.40. The van der Waals surface area contributed by atoms with E-state index in [1.807, 2.05) is 0 Å². The molecule has 0 aliphatic rings. The van der Waals surface area contributed by atoms with E-state index in [1.54, 1.807) is 13.8 Å². The molecule has 7 heteroatoms. The van der Waals surface area contributed by atoms with Crippen molar-refractivity contribution in [3.05, 3.63) is 28.1 Å². The standard InChI is InChI=1S/C9H10N4O3/c1-5-6(2)10-4-12-8(5)11-13(9(12)16)3-7(14)15/h4H,3H2,1-2H3,(H,14,15). The first-order valence-electron chi connectivity index (χ1n) is 4.64. The van der Waals surface area contributed by atoms with E-state index >= 15 is 0 Å². The fourth-order valence-electron chi connectivity index (χ4n) is 1.41. The summed E-state index contributed by atoms with van der Waals surface area (Å²) in [6, 6.07) is 0. The van der Waals surface area contributed by atoms with Crippen LogP contribution in [0.2, 0.25) is 0 Å². The van der Waals surface area contributed by atoms with Gasteiger partial charge in [-0.2, -0.15) is 0 Å². The van der Waals surface area contributed by atoms with E-state index in [1.165, 1.54) is 10.7 Å². The molecule has 0 amide bonds. The fourth-order valence-corrected chi connectivity index (χ4v) is 1.41. The molecule has 0 fully saturated rings. The van der Waals surface area contributed by atoms with Gasteiger partial charge in [-0.3, -0.25) is 4.79 Å². The molecule has 84 valence electrons. The highest BCUT2D eigenvalue weighted by molar-refractivity contribution is 5.66. The van der Waals surface area contributed by atoms with Gasteiger partial charge in [-0.05, 0) is 13.8 Å². The summed E-state index contributed by atoms with van der Waals surface area (Å²) in [6.45, 7) is 3.14. The lowest BCUT2D eigenvalue weighted by Gasteiger charge is -1.97. The maximum Gasteiger partial charge on any atom is 0.352 e. The number of nitrogens with zero attached hydrogens (tertiary/aromatic N) is 4.